The highest BCUT2D eigenvalue weighted by Crippen LogP contribution is 2.41. The molecule has 1 amide bonds. The quantitative estimate of drug-likeness (QED) is 0.359. The highest BCUT2D eigenvalue weighted by Gasteiger charge is 2.43. The number of carbonyl (C=O) groups excluding carboxylic acids is 2. The van der Waals surface area contributed by atoms with Crippen LogP contribution in [0.1, 0.15) is 36.9 Å². The van der Waals surface area contributed by atoms with Gasteiger partial charge < -0.3 is 14.7 Å². The molecule has 2 aromatic rings. The van der Waals surface area contributed by atoms with E-state index in [1.807, 2.05) is 12.1 Å². The Bertz CT molecular complexity index is 1150. The van der Waals surface area contributed by atoms with Crippen LogP contribution in [0.15, 0.2) is 78.7 Å². The number of benzene rings is 2. The average molecular weight is 465 g/mol. The predicted octanol–water partition coefficient (Wildman–Crippen LogP) is 4.90. The molecule has 1 fully saturated rings. The lowest BCUT2D eigenvalue weighted by Crippen LogP contribution is -2.54. The zero-order valence-corrected chi connectivity index (χ0v) is 18.7. The number of aliphatic hydroxyl groups excluding tert-OH is 1. The van der Waals surface area contributed by atoms with Crippen LogP contribution in [0.2, 0.25) is 0 Å². The number of allylic oxidation sites excluding steroid dienone is 3. The van der Waals surface area contributed by atoms with E-state index >= 15 is 0 Å². The van der Waals surface area contributed by atoms with Gasteiger partial charge in [-0.05, 0) is 59.5 Å². The molecule has 176 valence electrons. The van der Waals surface area contributed by atoms with Gasteiger partial charge in [-0.15, -0.1) is 0 Å². The summed E-state index contributed by atoms with van der Waals surface area (Å²) >= 11 is 0. The van der Waals surface area contributed by atoms with Gasteiger partial charge in [0.05, 0.1) is 25.1 Å². The smallest absolute Gasteiger partial charge is 0.308 e. The van der Waals surface area contributed by atoms with Crippen LogP contribution in [-0.4, -0.2) is 34.5 Å². The minimum absolute atomic E-state index is 0.0330. The molecule has 2 aromatic carbocycles. The number of aliphatic hydroxyl groups is 1. The summed E-state index contributed by atoms with van der Waals surface area (Å²) in [5.41, 5.74) is 2.19. The van der Waals surface area contributed by atoms with Crippen LogP contribution in [0.4, 0.5) is 8.78 Å². The molecule has 0 radical (unpaired) electrons. The van der Waals surface area contributed by atoms with E-state index in [2.05, 4.69) is 0 Å². The molecule has 34 heavy (non-hydrogen) atoms. The Hall–Kier alpha value is -3.58. The van der Waals surface area contributed by atoms with E-state index in [1.54, 1.807) is 41.3 Å². The normalized spacial score (nSPS) is 22.3. The number of likely N-dealkylation sites (tertiary alicyclic amines) is 1. The van der Waals surface area contributed by atoms with Crippen molar-refractivity contribution in [3.05, 3.63) is 95.6 Å². The third kappa shape index (κ3) is 5.15. The fourth-order valence-electron chi connectivity index (χ4n) is 4.42. The molecule has 7 heteroatoms. The maximum absolute atomic E-state index is 14.1. The van der Waals surface area contributed by atoms with Crippen molar-refractivity contribution >= 4 is 17.4 Å². The first kappa shape index (κ1) is 23.6. The van der Waals surface area contributed by atoms with Gasteiger partial charge in [0.25, 0.3) is 0 Å². The number of hydrogen-bond donors (Lipinski definition) is 1. The number of β-lactam (4-membered cyclic amide) rings is 1. The molecule has 0 spiro atoms. The number of carbonyl (C=O) groups is 2. The minimum Gasteiger partial charge on any atom is -0.427 e. The molecule has 1 heterocycles. The zero-order valence-electron chi connectivity index (χ0n) is 18.7. The second-order valence-electron chi connectivity index (χ2n) is 8.38. The first-order valence-electron chi connectivity index (χ1n) is 11.1. The number of rotatable bonds is 7. The maximum atomic E-state index is 14.1. The number of halogens is 2. The molecule has 3 atom stereocenters. The Morgan fingerprint density at radius 1 is 1.15 bits per heavy atom. The SMILES string of the molecule is CC(=O)Oc1ccc([C@@H]2CC(=O)N2C2C=CC(F)=CC2C/C=C(\CO)c2ccc(F)cc2)cc1. The number of ether oxygens (including phenoxy) is 1. The molecule has 5 nitrogen and oxygen atoms in total. The van der Waals surface area contributed by atoms with E-state index in [1.165, 1.54) is 31.2 Å². The number of hydrogen-bond acceptors (Lipinski definition) is 4. The first-order valence-corrected chi connectivity index (χ1v) is 11.1. The average Bonchev–Trinajstić information content (AvgIpc) is 2.80. The molecule has 0 saturated carbocycles. The number of amides is 1. The van der Waals surface area contributed by atoms with Gasteiger partial charge in [0.2, 0.25) is 5.91 Å². The van der Waals surface area contributed by atoms with Crippen molar-refractivity contribution in [2.75, 3.05) is 6.61 Å². The van der Waals surface area contributed by atoms with Crippen LogP contribution in [0, 0.1) is 11.7 Å². The summed E-state index contributed by atoms with van der Waals surface area (Å²) in [4.78, 5) is 25.5. The summed E-state index contributed by atoms with van der Waals surface area (Å²) in [5.74, 6) is -1.10. The molecular formula is C27H25F2NO4. The summed E-state index contributed by atoms with van der Waals surface area (Å²) in [6, 6.07) is 12.3. The van der Waals surface area contributed by atoms with Crippen LogP contribution in [0.5, 0.6) is 5.75 Å². The van der Waals surface area contributed by atoms with Gasteiger partial charge >= 0.3 is 5.97 Å². The number of nitrogens with zero attached hydrogens (tertiary/aromatic N) is 1. The standard InChI is InChI=1S/C27H25F2NO4/c1-17(32)34-24-11-6-19(7-12-24)26-15-27(33)30(26)25-13-10-23(29)14-20(25)2-3-21(16-31)18-4-8-22(28)9-5-18/h3-14,20,25-26,31H,2,15-16H2,1H3/b21-3+/t20?,25?,26-/m0/s1. The van der Waals surface area contributed by atoms with Crippen LogP contribution in [0.25, 0.3) is 5.57 Å². The van der Waals surface area contributed by atoms with Gasteiger partial charge in [-0.3, -0.25) is 9.59 Å². The number of esters is 1. The van der Waals surface area contributed by atoms with Crippen LogP contribution in [0.3, 0.4) is 0 Å². The second kappa shape index (κ2) is 10.1. The van der Waals surface area contributed by atoms with Gasteiger partial charge in [0.1, 0.15) is 17.4 Å². The molecule has 2 unspecified atom stereocenters. The van der Waals surface area contributed by atoms with Gasteiger partial charge in [-0.25, -0.2) is 8.78 Å². The van der Waals surface area contributed by atoms with Gasteiger partial charge in [-0.1, -0.05) is 36.4 Å². The predicted molar refractivity (Wildman–Crippen MR) is 124 cm³/mol. The Morgan fingerprint density at radius 3 is 2.47 bits per heavy atom. The Morgan fingerprint density at radius 2 is 1.85 bits per heavy atom. The van der Waals surface area contributed by atoms with E-state index in [0.29, 0.717) is 29.7 Å². The molecule has 1 N–H and O–H groups in total. The molecule has 0 bridgehead atoms. The minimum atomic E-state index is -0.409. The van der Waals surface area contributed by atoms with E-state index < -0.39 is 5.97 Å². The molecule has 1 saturated heterocycles. The van der Waals surface area contributed by atoms with Crippen molar-refractivity contribution in [1.29, 1.82) is 0 Å². The Balaban J connectivity index is 1.54. The van der Waals surface area contributed by atoms with Crippen LogP contribution in [-0.2, 0) is 9.59 Å². The largest absolute Gasteiger partial charge is 0.427 e. The van der Waals surface area contributed by atoms with E-state index in [4.69, 9.17) is 4.74 Å². The topological polar surface area (TPSA) is 66.8 Å². The molecule has 1 aliphatic heterocycles. The van der Waals surface area contributed by atoms with Crippen molar-refractivity contribution in [2.24, 2.45) is 5.92 Å². The third-order valence-corrected chi connectivity index (χ3v) is 6.13. The molecule has 4 rings (SSSR count). The van der Waals surface area contributed by atoms with Crippen molar-refractivity contribution in [3.8, 4) is 5.75 Å². The lowest BCUT2D eigenvalue weighted by molar-refractivity contribution is -0.150. The van der Waals surface area contributed by atoms with Crippen molar-refractivity contribution in [3.63, 3.8) is 0 Å². The summed E-state index contributed by atoms with van der Waals surface area (Å²) < 4.78 is 32.5. The highest BCUT2D eigenvalue weighted by atomic mass is 19.1. The van der Waals surface area contributed by atoms with Crippen molar-refractivity contribution in [2.45, 2.75) is 31.8 Å². The summed E-state index contributed by atoms with van der Waals surface area (Å²) in [5, 5.41) is 9.81. The zero-order chi connectivity index (χ0) is 24.2. The fraction of sp³-hybridized carbons (Fsp3) is 0.259. The molecular weight excluding hydrogens is 440 g/mol. The molecule has 0 aromatic heterocycles. The Labute approximate surface area is 196 Å². The summed E-state index contributed by atoms with van der Waals surface area (Å²) in [6.07, 6.45) is 7.08. The third-order valence-electron chi connectivity index (χ3n) is 6.13. The second-order valence-corrected chi connectivity index (χ2v) is 8.38. The van der Waals surface area contributed by atoms with Gasteiger partial charge in [-0.2, -0.15) is 0 Å². The highest BCUT2D eigenvalue weighted by molar-refractivity contribution is 5.84. The van der Waals surface area contributed by atoms with Gasteiger partial charge in [0.15, 0.2) is 0 Å². The lowest BCUT2D eigenvalue weighted by atomic mass is 9.83. The fourth-order valence-corrected chi connectivity index (χ4v) is 4.42. The van der Waals surface area contributed by atoms with E-state index in [9.17, 15) is 23.5 Å². The van der Waals surface area contributed by atoms with E-state index in [-0.39, 0.29) is 42.2 Å². The Kier molecular flexibility index (Phi) is 7.03. The molecule has 2 aliphatic rings. The van der Waals surface area contributed by atoms with Gasteiger partial charge in [0, 0.05) is 12.8 Å². The summed E-state index contributed by atoms with van der Waals surface area (Å²) in [7, 11) is 0. The van der Waals surface area contributed by atoms with Crippen molar-refractivity contribution < 1.29 is 28.2 Å². The summed E-state index contributed by atoms with van der Waals surface area (Å²) in [6.45, 7) is 1.08. The maximum Gasteiger partial charge on any atom is 0.308 e. The van der Waals surface area contributed by atoms with Crippen molar-refractivity contribution in [1.82, 2.24) is 4.90 Å². The monoisotopic (exact) mass is 465 g/mol. The lowest BCUT2D eigenvalue weighted by Gasteiger charge is -2.47. The first-order chi connectivity index (χ1) is 16.4. The molecule has 1 aliphatic carbocycles. The van der Waals surface area contributed by atoms with Crippen LogP contribution >= 0.6 is 0 Å². The van der Waals surface area contributed by atoms with Crippen LogP contribution < -0.4 is 4.74 Å². The van der Waals surface area contributed by atoms with E-state index in [0.717, 1.165) is 5.56 Å².